The molecule has 0 fully saturated rings. The number of para-hydroxylation sites is 1. The Kier molecular flexibility index (Phi) is 3.60. The van der Waals surface area contributed by atoms with Crippen LogP contribution >= 0.6 is 12.2 Å². The van der Waals surface area contributed by atoms with Crippen LogP contribution in [0.4, 0.5) is 5.69 Å². The maximum absolute atomic E-state index is 12.3. The van der Waals surface area contributed by atoms with E-state index in [0.29, 0.717) is 26.9 Å². The number of carbonyl (C=O) groups excluding carboxylic acids is 1. The van der Waals surface area contributed by atoms with Crippen LogP contribution in [0.2, 0.25) is 0 Å². The predicted molar refractivity (Wildman–Crippen MR) is 88.8 cm³/mol. The first-order valence-corrected chi connectivity index (χ1v) is 7.06. The molecule has 2 N–H and O–H groups in total. The summed E-state index contributed by atoms with van der Waals surface area (Å²) in [4.78, 5) is 27.3. The van der Waals surface area contributed by atoms with Crippen LogP contribution in [0, 0.1) is 4.77 Å². The number of nitrogens with zero attached hydrogens (tertiary/aromatic N) is 1. The fourth-order valence-corrected chi connectivity index (χ4v) is 2.36. The first kappa shape index (κ1) is 14.2. The molecule has 110 valence electrons. The first-order chi connectivity index (χ1) is 10.6. The molecule has 0 saturated carbocycles. The smallest absolute Gasteiger partial charge is 0.261 e. The number of anilines is 1. The summed E-state index contributed by atoms with van der Waals surface area (Å²) in [6.07, 6.45) is 0. The Morgan fingerprint density at radius 2 is 1.91 bits per heavy atom. The predicted octanol–water partition coefficient (Wildman–Crippen LogP) is 2.85. The quantitative estimate of drug-likeness (QED) is 0.715. The minimum absolute atomic E-state index is 0.186. The molecule has 22 heavy (non-hydrogen) atoms. The molecule has 0 radical (unpaired) electrons. The second-order valence-electron chi connectivity index (χ2n) is 4.87. The van der Waals surface area contributed by atoms with Gasteiger partial charge in [-0.3, -0.25) is 14.2 Å². The zero-order valence-electron chi connectivity index (χ0n) is 11.8. The highest BCUT2D eigenvalue weighted by Gasteiger charge is 2.09. The third kappa shape index (κ3) is 2.56. The Morgan fingerprint density at radius 1 is 1.18 bits per heavy atom. The average Bonchev–Trinajstić information content (AvgIpc) is 2.53. The normalized spacial score (nSPS) is 10.6. The molecule has 3 rings (SSSR count). The van der Waals surface area contributed by atoms with Crippen LogP contribution in [0.1, 0.15) is 10.4 Å². The monoisotopic (exact) mass is 311 g/mol. The fourth-order valence-electron chi connectivity index (χ4n) is 2.17. The summed E-state index contributed by atoms with van der Waals surface area (Å²) >= 11 is 5.09. The average molecular weight is 311 g/mol. The largest absolute Gasteiger partial charge is 0.332 e. The number of hydrogen-bond acceptors (Lipinski definition) is 3. The van der Waals surface area contributed by atoms with Crippen molar-refractivity contribution in [1.82, 2.24) is 9.55 Å². The number of rotatable bonds is 2. The van der Waals surface area contributed by atoms with Crippen molar-refractivity contribution in [2.24, 2.45) is 7.05 Å². The van der Waals surface area contributed by atoms with Crippen molar-refractivity contribution in [3.05, 3.63) is 69.2 Å². The van der Waals surface area contributed by atoms with Gasteiger partial charge in [0.2, 0.25) is 0 Å². The van der Waals surface area contributed by atoms with Crippen molar-refractivity contribution < 1.29 is 4.79 Å². The van der Waals surface area contributed by atoms with Crippen molar-refractivity contribution >= 4 is 34.7 Å². The van der Waals surface area contributed by atoms with E-state index in [4.69, 9.17) is 12.2 Å². The minimum Gasteiger partial charge on any atom is -0.332 e. The van der Waals surface area contributed by atoms with E-state index >= 15 is 0 Å². The molecule has 6 heteroatoms. The van der Waals surface area contributed by atoms with E-state index in [2.05, 4.69) is 10.3 Å². The summed E-state index contributed by atoms with van der Waals surface area (Å²) in [6, 6.07) is 14.1. The van der Waals surface area contributed by atoms with E-state index in [1.807, 2.05) is 30.3 Å². The van der Waals surface area contributed by atoms with Gasteiger partial charge in [0.1, 0.15) is 0 Å². The lowest BCUT2D eigenvalue weighted by Gasteiger charge is -2.07. The second-order valence-corrected chi connectivity index (χ2v) is 5.26. The molecule has 0 unspecified atom stereocenters. The molecule has 1 heterocycles. The number of hydrogen-bond donors (Lipinski definition) is 2. The van der Waals surface area contributed by atoms with E-state index < -0.39 is 0 Å². The van der Waals surface area contributed by atoms with Crippen molar-refractivity contribution in [3.63, 3.8) is 0 Å². The van der Waals surface area contributed by atoms with Gasteiger partial charge in [-0.25, -0.2) is 0 Å². The van der Waals surface area contributed by atoms with Crippen molar-refractivity contribution in [2.45, 2.75) is 0 Å². The van der Waals surface area contributed by atoms with Crippen LogP contribution in [-0.4, -0.2) is 15.5 Å². The van der Waals surface area contributed by atoms with Crippen LogP contribution < -0.4 is 10.9 Å². The second kappa shape index (κ2) is 5.57. The highest BCUT2D eigenvalue weighted by Crippen LogP contribution is 2.13. The van der Waals surface area contributed by atoms with Crippen LogP contribution in [0.15, 0.2) is 53.3 Å². The summed E-state index contributed by atoms with van der Waals surface area (Å²) in [5, 5.41) is 3.29. The molecule has 0 aliphatic carbocycles. The fraction of sp³-hybridized carbons (Fsp3) is 0.0625. The third-order valence-corrected chi connectivity index (χ3v) is 3.77. The lowest BCUT2D eigenvalue weighted by atomic mass is 10.1. The highest BCUT2D eigenvalue weighted by molar-refractivity contribution is 7.71. The summed E-state index contributed by atoms with van der Waals surface area (Å²) < 4.78 is 1.68. The number of amides is 1. The molecule has 0 aliphatic heterocycles. The SMILES string of the molecule is Cn1c(=S)[nH]c2cc(C(=O)Nc3ccccc3)ccc2c1=O. The van der Waals surface area contributed by atoms with Gasteiger partial charge in [-0.15, -0.1) is 0 Å². The summed E-state index contributed by atoms with van der Waals surface area (Å²) in [5.74, 6) is -0.243. The van der Waals surface area contributed by atoms with Gasteiger partial charge < -0.3 is 10.3 Å². The summed E-state index contributed by atoms with van der Waals surface area (Å²) in [6.45, 7) is 0. The Hall–Kier alpha value is -2.73. The molecule has 1 aromatic heterocycles. The number of fused-ring (bicyclic) bond motifs is 1. The minimum atomic E-state index is -0.243. The van der Waals surface area contributed by atoms with Gasteiger partial charge in [0.05, 0.1) is 10.9 Å². The lowest BCUT2D eigenvalue weighted by Crippen LogP contribution is -2.19. The number of carbonyl (C=O) groups is 1. The number of benzene rings is 2. The van der Waals surface area contributed by atoms with E-state index in [9.17, 15) is 9.59 Å². The van der Waals surface area contributed by atoms with Crippen LogP contribution in [-0.2, 0) is 7.05 Å². The molecule has 2 aromatic carbocycles. The van der Waals surface area contributed by atoms with Crippen LogP contribution in [0.25, 0.3) is 10.9 Å². The molecule has 0 saturated heterocycles. The van der Waals surface area contributed by atoms with Gasteiger partial charge in [0.25, 0.3) is 11.5 Å². The van der Waals surface area contributed by atoms with E-state index in [1.54, 1.807) is 25.2 Å². The van der Waals surface area contributed by atoms with Crippen molar-refractivity contribution in [2.75, 3.05) is 5.32 Å². The van der Waals surface area contributed by atoms with E-state index in [-0.39, 0.29) is 11.5 Å². The Balaban J connectivity index is 2.02. The van der Waals surface area contributed by atoms with Crippen LogP contribution in [0.3, 0.4) is 0 Å². The van der Waals surface area contributed by atoms with Gasteiger partial charge in [0.15, 0.2) is 4.77 Å². The van der Waals surface area contributed by atoms with Crippen molar-refractivity contribution in [1.29, 1.82) is 0 Å². The Labute approximate surface area is 131 Å². The van der Waals surface area contributed by atoms with Gasteiger partial charge >= 0.3 is 0 Å². The van der Waals surface area contributed by atoms with Crippen LogP contribution in [0.5, 0.6) is 0 Å². The number of nitrogens with one attached hydrogen (secondary N) is 2. The Bertz CT molecular complexity index is 974. The molecule has 0 spiro atoms. The standard InChI is InChI=1S/C16H13N3O2S/c1-19-15(21)12-8-7-10(9-13(12)18-16(19)22)14(20)17-11-5-3-2-4-6-11/h2-9H,1H3,(H,17,20)(H,18,22). The zero-order valence-corrected chi connectivity index (χ0v) is 12.6. The maximum atomic E-state index is 12.3. The summed E-state index contributed by atoms with van der Waals surface area (Å²) in [7, 11) is 1.61. The van der Waals surface area contributed by atoms with Gasteiger partial charge in [-0.2, -0.15) is 0 Å². The van der Waals surface area contributed by atoms with E-state index in [1.165, 1.54) is 4.57 Å². The molecule has 5 nitrogen and oxygen atoms in total. The van der Waals surface area contributed by atoms with Gasteiger partial charge in [-0.1, -0.05) is 18.2 Å². The number of aromatic nitrogens is 2. The first-order valence-electron chi connectivity index (χ1n) is 6.66. The molecular formula is C16H13N3O2S. The molecule has 0 aliphatic rings. The molecule has 3 aromatic rings. The molecule has 0 bridgehead atoms. The van der Waals surface area contributed by atoms with Gasteiger partial charge in [-0.05, 0) is 42.5 Å². The summed E-state index contributed by atoms with van der Waals surface area (Å²) in [5.41, 5.74) is 1.53. The molecular weight excluding hydrogens is 298 g/mol. The molecule has 1 amide bonds. The topological polar surface area (TPSA) is 66.9 Å². The van der Waals surface area contributed by atoms with Gasteiger partial charge in [0, 0.05) is 18.3 Å². The number of H-pyrrole nitrogens is 1. The number of aromatic amines is 1. The zero-order chi connectivity index (χ0) is 15.7. The molecule has 0 atom stereocenters. The highest BCUT2D eigenvalue weighted by atomic mass is 32.1. The maximum Gasteiger partial charge on any atom is 0.261 e. The lowest BCUT2D eigenvalue weighted by molar-refractivity contribution is 0.102. The Morgan fingerprint density at radius 3 is 2.64 bits per heavy atom. The van der Waals surface area contributed by atoms with E-state index in [0.717, 1.165) is 0 Å². The third-order valence-electron chi connectivity index (χ3n) is 3.39. The van der Waals surface area contributed by atoms with Crippen molar-refractivity contribution in [3.8, 4) is 0 Å².